The van der Waals surface area contributed by atoms with Gasteiger partial charge in [0.1, 0.15) is 12.6 Å². The van der Waals surface area contributed by atoms with Gasteiger partial charge in [-0.25, -0.2) is 8.42 Å². The molecule has 0 aliphatic carbocycles. The number of amides is 2. The molecule has 0 fully saturated rings. The minimum absolute atomic E-state index is 0.0419. The topological polar surface area (TPSA) is 86.8 Å². The number of benzene rings is 4. The zero-order valence-electron chi connectivity index (χ0n) is 23.9. The van der Waals surface area contributed by atoms with Crippen molar-refractivity contribution in [3.8, 4) is 0 Å². The molecule has 0 saturated heterocycles. The first-order valence-electron chi connectivity index (χ1n) is 13.8. The summed E-state index contributed by atoms with van der Waals surface area (Å²) in [6.45, 7) is 3.45. The molecule has 4 aromatic rings. The number of aryl methyl sites for hydroxylation is 1. The van der Waals surface area contributed by atoms with Gasteiger partial charge in [-0.2, -0.15) is 0 Å². The molecule has 0 radical (unpaired) electrons. The van der Waals surface area contributed by atoms with Crippen LogP contribution in [0.2, 0.25) is 10.0 Å². The summed E-state index contributed by atoms with van der Waals surface area (Å²) < 4.78 is 29.0. The Hall–Kier alpha value is -3.85. The van der Waals surface area contributed by atoms with Crippen LogP contribution in [0.1, 0.15) is 23.6 Å². The molecule has 0 spiro atoms. The third-order valence-electron chi connectivity index (χ3n) is 6.91. The number of nitrogens with zero attached hydrogens (tertiary/aromatic N) is 2. The van der Waals surface area contributed by atoms with Crippen LogP contribution in [-0.2, 0) is 32.6 Å². The highest BCUT2D eigenvalue weighted by Gasteiger charge is 2.34. The zero-order chi connectivity index (χ0) is 31.0. The maximum absolute atomic E-state index is 14.4. The second kappa shape index (κ2) is 14.6. The fraction of sp³-hybridized carbons (Fsp3) is 0.212. The Morgan fingerprint density at radius 1 is 0.860 bits per heavy atom. The van der Waals surface area contributed by atoms with E-state index >= 15 is 0 Å². The Bertz CT molecular complexity index is 1650. The van der Waals surface area contributed by atoms with E-state index in [1.807, 2.05) is 37.3 Å². The van der Waals surface area contributed by atoms with Crippen molar-refractivity contribution in [3.63, 3.8) is 0 Å². The van der Waals surface area contributed by atoms with E-state index in [1.54, 1.807) is 67.6 Å². The number of carbonyl (C=O) groups excluding carboxylic acids is 2. The Labute approximate surface area is 263 Å². The van der Waals surface area contributed by atoms with Crippen LogP contribution in [0.5, 0.6) is 0 Å². The van der Waals surface area contributed by atoms with Crippen LogP contribution in [0.4, 0.5) is 5.69 Å². The first-order valence-corrected chi connectivity index (χ1v) is 16.0. The van der Waals surface area contributed by atoms with Crippen LogP contribution in [0, 0.1) is 6.92 Å². The molecule has 1 unspecified atom stereocenters. The molecule has 43 heavy (non-hydrogen) atoms. The summed E-state index contributed by atoms with van der Waals surface area (Å²) >= 11 is 12.7. The van der Waals surface area contributed by atoms with Gasteiger partial charge in [-0.1, -0.05) is 95.5 Å². The first kappa shape index (κ1) is 32.1. The van der Waals surface area contributed by atoms with E-state index in [-0.39, 0.29) is 23.8 Å². The highest BCUT2D eigenvalue weighted by atomic mass is 35.5. The number of halogens is 2. The number of sulfonamides is 1. The molecule has 2 amide bonds. The first-order chi connectivity index (χ1) is 20.6. The third kappa shape index (κ3) is 8.16. The molecule has 0 saturated carbocycles. The van der Waals surface area contributed by atoms with E-state index in [0.29, 0.717) is 27.8 Å². The lowest BCUT2D eigenvalue weighted by Crippen LogP contribution is -2.53. The molecule has 4 rings (SSSR count). The van der Waals surface area contributed by atoms with Gasteiger partial charge in [-0.05, 0) is 61.4 Å². The molecular weight excluding hydrogens is 605 g/mol. The van der Waals surface area contributed by atoms with Gasteiger partial charge in [0.2, 0.25) is 11.8 Å². The highest BCUT2D eigenvalue weighted by Crippen LogP contribution is 2.27. The van der Waals surface area contributed by atoms with Gasteiger partial charge in [-0.15, -0.1) is 0 Å². The minimum Gasteiger partial charge on any atom is -0.355 e. The van der Waals surface area contributed by atoms with Crippen molar-refractivity contribution in [2.24, 2.45) is 0 Å². The van der Waals surface area contributed by atoms with Crippen molar-refractivity contribution in [3.05, 3.63) is 130 Å². The fourth-order valence-electron chi connectivity index (χ4n) is 4.64. The molecule has 224 valence electrons. The van der Waals surface area contributed by atoms with Gasteiger partial charge in [0, 0.05) is 29.6 Å². The quantitative estimate of drug-likeness (QED) is 0.198. The lowest BCUT2D eigenvalue weighted by molar-refractivity contribution is -0.140. The Morgan fingerprint density at radius 2 is 1.49 bits per heavy atom. The van der Waals surface area contributed by atoms with E-state index in [2.05, 4.69) is 5.32 Å². The van der Waals surface area contributed by atoms with Crippen molar-refractivity contribution < 1.29 is 18.0 Å². The van der Waals surface area contributed by atoms with Gasteiger partial charge >= 0.3 is 0 Å². The number of hydrogen-bond acceptors (Lipinski definition) is 4. The number of carbonyl (C=O) groups is 2. The average molecular weight is 639 g/mol. The second-order valence-corrected chi connectivity index (χ2v) is 12.7. The van der Waals surface area contributed by atoms with E-state index < -0.39 is 28.5 Å². The maximum atomic E-state index is 14.4. The van der Waals surface area contributed by atoms with Gasteiger partial charge in [0.25, 0.3) is 10.0 Å². The number of anilines is 1. The molecule has 0 aliphatic rings. The fourth-order valence-corrected chi connectivity index (χ4v) is 6.54. The minimum atomic E-state index is -4.16. The summed E-state index contributed by atoms with van der Waals surface area (Å²) in [5.41, 5.74) is 2.66. The predicted molar refractivity (Wildman–Crippen MR) is 172 cm³/mol. The van der Waals surface area contributed by atoms with Crippen molar-refractivity contribution in [2.75, 3.05) is 17.4 Å². The summed E-state index contributed by atoms with van der Waals surface area (Å²) in [5.74, 6) is -0.934. The number of rotatable bonds is 12. The largest absolute Gasteiger partial charge is 0.355 e. The van der Waals surface area contributed by atoms with Crippen LogP contribution in [-0.4, -0.2) is 44.3 Å². The van der Waals surface area contributed by atoms with Crippen LogP contribution >= 0.6 is 23.2 Å². The summed E-state index contributed by atoms with van der Waals surface area (Å²) in [7, 11) is -4.16. The Balaban J connectivity index is 1.80. The smallest absolute Gasteiger partial charge is 0.264 e. The van der Waals surface area contributed by atoms with Crippen LogP contribution < -0.4 is 9.62 Å². The summed E-state index contributed by atoms with van der Waals surface area (Å²) in [5, 5.41) is 3.59. The Kier molecular flexibility index (Phi) is 10.9. The predicted octanol–water partition coefficient (Wildman–Crippen LogP) is 6.27. The summed E-state index contributed by atoms with van der Waals surface area (Å²) in [6, 6.07) is 28.1. The van der Waals surface area contributed by atoms with E-state index in [1.165, 1.54) is 17.0 Å². The second-order valence-electron chi connectivity index (χ2n) is 10.0. The molecular formula is C33H33Cl2N3O4S. The monoisotopic (exact) mass is 637 g/mol. The normalized spacial score (nSPS) is 11.9. The van der Waals surface area contributed by atoms with Crippen molar-refractivity contribution >= 4 is 50.7 Å². The van der Waals surface area contributed by atoms with Crippen LogP contribution in [0.15, 0.2) is 108 Å². The van der Waals surface area contributed by atoms with Crippen molar-refractivity contribution in [2.45, 2.75) is 37.8 Å². The van der Waals surface area contributed by atoms with E-state index in [9.17, 15) is 18.0 Å². The molecule has 1 atom stereocenters. The standard InChI is InChI=1S/C33H33Cl2N3O4S/c1-3-36-33(40)31(20-25-10-6-4-7-11-25)37(22-26-16-17-27(34)21-30(26)35)32(39)23-38(28-18-14-24(2)15-19-28)43(41,42)29-12-8-5-9-13-29/h4-19,21,31H,3,20,22-23H2,1-2H3,(H,36,40). The number of likely N-dealkylation sites (N-methyl/N-ethyl adjacent to an activating group) is 1. The third-order valence-corrected chi connectivity index (χ3v) is 9.28. The summed E-state index contributed by atoms with van der Waals surface area (Å²) in [4.78, 5) is 29.3. The zero-order valence-corrected chi connectivity index (χ0v) is 26.2. The molecule has 4 aromatic carbocycles. The van der Waals surface area contributed by atoms with Gasteiger partial charge in [-0.3, -0.25) is 13.9 Å². The number of nitrogens with one attached hydrogen (secondary N) is 1. The molecule has 0 aromatic heterocycles. The van der Waals surface area contributed by atoms with E-state index in [4.69, 9.17) is 23.2 Å². The molecule has 0 aliphatic heterocycles. The molecule has 0 heterocycles. The van der Waals surface area contributed by atoms with Gasteiger partial charge in [0.05, 0.1) is 10.6 Å². The van der Waals surface area contributed by atoms with Crippen molar-refractivity contribution in [1.82, 2.24) is 10.2 Å². The van der Waals surface area contributed by atoms with Gasteiger partial charge < -0.3 is 10.2 Å². The van der Waals surface area contributed by atoms with E-state index in [0.717, 1.165) is 15.4 Å². The molecule has 1 N–H and O–H groups in total. The molecule has 0 bridgehead atoms. The molecule has 10 heteroatoms. The lowest BCUT2D eigenvalue weighted by atomic mass is 10.0. The maximum Gasteiger partial charge on any atom is 0.264 e. The highest BCUT2D eigenvalue weighted by molar-refractivity contribution is 7.92. The summed E-state index contributed by atoms with van der Waals surface area (Å²) in [6.07, 6.45) is 0.208. The number of hydrogen-bond donors (Lipinski definition) is 1. The van der Waals surface area contributed by atoms with Crippen molar-refractivity contribution in [1.29, 1.82) is 0 Å². The SMILES string of the molecule is CCNC(=O)C(Cc1ccccc1)N(Cc1ccc(Cl)cc1Cl)C(=O)CN(c1ccc(C)cc1)S(=O)(=O)c1ccccc1. The Morgan fingerprint density at radius 3 is 2.09 bits per heavy atom. The average Bonchev–Trinajstić information content (AvgIpc) is 3.00. The molecule has 7 nitrogen and oxygen atoms in total. The van der Waals surface area contributed by atoms with Crippen LogP contribution in [0.25, 0.3) is 0 Å². The van der Waals surface area contributed by atoms with Gasteiger partial charge in [0.15, 0.2) is 0 Å². The lowest BCUT2D eigenvalue weighted by Gasteiger charge is -2.34. The van der Waals surface area contributed by atoms with Crippen LogP contribution in [0.3, 0.4) is 0 Å².